The highest BCUT2D eigenvalue weighted by atomic mass is 35.5. The van der Waals surface area contributed by atoms with Crippen LogP contribution in [0, 0.1) is 0 Å². The molecule has 0 fully saturated rings. The third-order valence-electron chi connectivity index (χ3n) is 2.73. The number of halogens is 1. The van der Waals surface area contributed by atoms with Crippen LogP contribution in [0.1, 0.15) is 5.56 Å². The molecule has 2 aromatic rings. The highest BCUT2D eigenvalue weighted by Crippen LogP contribution is 2.26. The quantitative estimate of drug-likeness (QED) is 0.872. The van der Waals surface area contributed by atoms with Crippen LogP contribution in [0.2, 0.25) is 5.02 Å². The number of aromatic nitrogens is 2. The topological polar surface area (TPSA) is 81.2 Å². The summed E-state index contributed by atoms with van der Waals surface area (Å²) in [4.78, 5) is 7.76. The second kappa shape index (κ2) is 6.84. The molecule has 0 aliphatic rings. The Hall–Kier alpha value is -1.70. The first-order valence-electron chi connectivity index (χ1n) is 6.10. The van der Waals surface area contributed by atoms with Crippen LogP contribution in [0.25, 0.3) is 0 Å². The Kier molecular flexibility index (Phi) is 5.11. The smallest absolute Gasteiger partial charge is 0.244 e. The predicted octanol–water partition coefficient (Wildman–Crippen LogP) is 1.66. The third-order valence-corrected chi connectivity index (χ3v) is 4.45. The first-order valence-corrected chi connectivity index (χ1v) is 7.96. The number of sulfonamides is 1. The highest BCUT2D eigenvalue weighted by Gasteiger charge is 2.19. The van der Waals surface area contributed by atoms with Crippen molar-refractivity contribution in [3.8, 4) is 5.75 Å². The molecule has 8 heteroatoms. The van der Waals surface area contributed by atoms with E-state index in [1.807, 2.05) is 0 Å². The van der Waals surface area contributed by atoms with Gasteiger partial charge in [-0.15, -0.1) is 0 Å². The van der Waals surface area contributed by atoms with E-state index in [-0.39, 0.29) is 17.2 Å². The minimum atomic E-state index is -3.70. The average Bonchev–Trinajstić information content (AvgIpc) is 2.48. The lowest BCUT2D eigenvalue weighted by molar-refractivity contribution is 0.402. The molecule has 1 aromatic heterocycles. The third kappa shape index (κ3) is 4.13. The number of nitrogens with one attached hydrogen (secondary N) is 1. The number of ether oxygens (including phenoxy) is 1. The lowest BCUT2D eigenvalue weighted by Crippen LogP contribution is -2.26. The van der Waals surface area contributed by atoms with Crippen LogP contribution in [-0.2, 0) is 16.4 Å². The summed E-state index contributed by atoms with van der Waals surface area (Å²) < 4.78 is 32.1. The normalized spacial score (nSPS) is 11.3. The van der Waals surface area contributed by atoms with E-state index in [0.717, 1.165) is 5.56 Å². The zero-order valence-electron chi connectivity index (χ0n) is 11.3. The summed E-state index contributed by atoms with van der Waals surface area (Å²) in [5.41, 5.74) is 0.846. The zero-order valence-corrected chi connectivity index (χ0v) is 12.9. The monoisotopic (exact) mass is 327 g/mol. The van der Waals surface area contributed by atoms with Crippen LogP contribution in [-0.4, -0.2) is 32.0 Å². The molecule has 1 aromatic carbocycles. The number of methoxy groups -OCH3 is 1. The van der Waals surface area contributed by atoms with Gasteiger partial charge in [-0.1, -0.05) is 11.6 Å². The Labute approximate surface area is 128 Å². The Bertz CT molecular complexity index is 708. The number of nitrogens with zero attached hydrogens (tertiary/aromatic N) is 2. The van der Waals surface area contributed by atoms with Crippen molar-refractivity contribution < 1.29 is 13.2 Å². The molecular formula is C13H14ClN3O3S. The summed E-state index contributed by atoms with van der Waals surface area (Å²) in [5.74, 6) is 0.245. The molecule has 0 aliphatic heterocycles. The molecule has 6 nitrogen and oxygen atoms in total. The van der Waals surface area contributed by atoms with Crippen LogP contribution >= 0.6 is 11.6 Å². The standard InChI is InChI=1S/C13H14ClN3O3S/c1-20-12-3-2-11(14)6-13(12)21(18,19)17-5-4-10-7-15-9-16-8-10/h2-3,6-9,17H,4-5H2,1H3. The van der Waals surface area contributed by atoms with Gasteiger partial charge in [-0.2, -0.15) is 0 Å². The number of rotatable bonds is 6. The van der Waals surface area contributed by atoms with Gasteiger partial charge >= 0.3 is 0 Å². The summed E-state index contributed by atoms with van der Waals surface area (Å²) in [6.07, 6.45) is 5.19. The molecule has 1 N–H and O–H groups in total. The molecule has 0 saturated heterocycles. The molecule has 0 radical (unpaired) electrons. The highest BCUT2D eigenvalue weighted by molar-refractivity contribution is 7.89. The Morgan fingerprint density at radius 1 is 1.29 bits per heavy atom. The minimum Gasteiger partial charge on any atom is -0.495 e. The van der Waals surface area contributed by atoms with Gasteiger partial charge < -0.3 is 4.74 Å². The van der Waals surface area contributed by atoms with E-state index in [9.17, 15) is 8.42 Å². The van der Waals surface area contributed by atoms with Crippen molar-refractivity contribution in [1.82, 2.24) is 14.7 Å². The summed E-state index contributed by atoms with van der Waals surface area (Å²) >= 11 is 5.85. The first-order chi connectivity index (χ1) is 10.0. The molecule has 0 atom stereocenters. The Morgan fingerprint density at radius 2 is 2.00 bits per heavy atom. The van der Waals surface area contributed by atoms with Crippen molar-refractivity contribution in [2.45, 2.75) is 11.3 Å². The molecule has 2 rings (SSSR count). The molecule has 0 amide bonds. The lowest BCUT2D eigenvalue weighted by atomic mass is 10.2. The van der Waals surface area contributed by atoms with Crippen molar-refractivity contribution in [1.29, 1.82) is 0 Å². The van der Waals surface area contributed by atoms with Crippen LogP contribution in [0.5, 0.6) is 5.75 Å². The maximum atomic E-state index is 12.3. The van der Waals surface area contributed by atoms with Gasteiger partial charge in [0.1, 0.15) is 17.0 Å². The van der Waals surface area contributed by atoms with Crippen LogP contribution in [0.3, 0.4) is 0 Å². The van der Waals surface area contributed by atoms with Crippen molar-refractivity contribution in [3.05, 3.63) is 47.5 Å². The van der Waals surface area contributed by atoms with Crippen molar-refractivity contribution in [2.24, 2.45) is 0 Å². The van der Waals surface area contributed by atoms with Gasteiger partial charge in [0.05, 0.1) is 7.11 Å². The molecule has 0 unspecified atom stereocenters. The molecule has 112 valence electrons. The summed E-state index contributed by atoms with van der Waals surface area (Å²) in [6, 6.07) is 4.44. The van der Waals surface area contributed by atoms with Crippen molar-refractivity contribution >= 4 is 21.6 Å². The molecule has 0 spiro atoms. The minimum absolute atomic E-state index is 0.0156. The van der Waals surface area contributed by atoms with E-state index in [1.165, 1.54) is 25.6 Å². The maximum absolute atomic E-state index is 12.3. The molecule has 0 bridgehead atoms. The molecule has 21 heavy (non-hydrogen) atoms. The Balaban J connectivity index is 2.10. The molecule has 0 saturated carbocycles. The van der Waals surface area contributed by atoms with Crippen molar-refractivity contribution in [3.63, 3.8) is 0 Å². The van der Waals surface area contributed by atoms with Gasteiger partial charge in [0.15, 0.2) is 0 Å². The van der Waals surface area contributed by atoms with Gasteiger partial charge in [0.25, 0.3) is 0 Å². The van der Waals surface area contributed by atoms with Crippen LogP contribution in [0.15, 0.2) is 41.8 Å². The maximum Gasteiger partial charge on any atom is 0.244 e. The predicted molar refractivity (Wildman–Crippen MR) is 78.9 cm³/mol. The van der Waals surface area contributed by atoms with Crippen molar-refractivity contribution in [2.75, 3.05) is 13.7 Å². The van der Waals surface area contributed by atoms with Crippen LogP contribution < -0.4 is 9.46 Å². The second-order valence-electron chi connectivity index (χ2n) is 4.19. The van der Waals surface area contributed by atoms with Gasteiger partial charge in [-0.05, 0) is 30.2 Å². The van der Waals surface area contributed by atoms with E-state index in [2.05, 4.69) is 14.7 Å². The van der Waals surface area contributed by atoms with Gasteiger partial charge in [-0.25, -0.2) is 23.1 Å². The van der Waals surface area contributed by atoms with E-state index in [4.69, 9.17) is 16.3 Å². The number of hydrogen-bond donors (Lipinski definition) is 1. The van der Waals surface area contributed by atoms with Gasteiger partial charge in [0, 0.05) is 24.0 Å². The van der Waals surface area contributed by atoms with E-state index in [1.54, 1.807) is 18.5 Å². The number of benzene rings is 1. The first kappa shape index (κ1) is 15.7. The average molecular weight is 328 g/mol. The summed E-state index contributed by atoms with van der Waals surface area (Å²) in [6.45, 7) is 0.228. The fraction of sp³-hybridized carbons (Fsp3) is 0.231. The summed E-state index contributed by atoms with van der Waals surface area (Å²) in [5, 5.41) is 0.327. The summed E-state index contributed by atoms with van der Waals surface area (Å²) in [7, 11) is -2.29. The van der Waals surface area contributed by atoms with E-state index < -0.39 is 10.0 Å². The van der Waals surface area contributed by atoms with Gasteiger partial charge in [-0.3, -0.25) is 0 Å². The SMILES string of the molecule is COc1ccc(Cl)cc1S(=O)(=O)NCCc1cncnc1. The van der Waals surface area contributed by atoms with Crippen LogP contribution in [0.4, 0.5) is 0 Å². The van der Waals surface area contributed by atoms with E-state index >= 15 is 0 Å². The van der Waals surface area contributed by atoms with E-state index in [0.29, 0.717) is 11.4 Å². The lowest BCUT2D eigenvalue weighted by Gasteiger charge is -2.11. The van der Waals surface area contributed by atoms with Gasteiger partial charge in [0.2, 0.25) is 10.0 Å². The fourth-order valence-electron chi connectivity index (χ4n) is 1.73. The molecule has 1 heterocycles. The zero-order chi connectivity index (χ0) is 15.3. The fourth-order valence-corrected chi connectivity index (χ4v) is 3.19. The largest absolute Gasteiger partial charge is 0.495 e. The Morgan fingerprint density at radius 3 is 2.67 bits per heavy atom. The molecular weight excluding hydrogens is 314 g/mol. The number of hydrogen-bond acceptors (Lipinski definition) is 5. The molecule has 0 aliphatic carbocycles. The second-order valence-corrected chi connectivity index (χ2v) is 6.36.